The van der Waals surface area contributed by atoms with Gasteiger partial charge < -0.3 is 15.2 Å². The predicted molar refractivity (Wildman–Crippen MR) is 74.3 cm³/mol. The zero-order valence-corrected chi connectivity index (χ0v) is 10.3. The van der Waals surface area contributed by atoms with Crippen molar-refractivity contribution in [2.24, 2.45) is 0 Å². The highest BCUT2D eigenvalue weighted by Crippen LogP contribution is 2.24. The monoisotopic (exact) mass is 243 g/mol. The molecule has 0 atom stereocenters. The molecular formula is C14H17N3O. The van der Waals surface area contributed by atoms with Gasteiger partial charge in [0.2, 0.25) is 0 Å². The number of pyridine rings is 1. The van der Waals surface area contributed by atoms with Crippen LogP contribution < -0.4 is 15.8 Å². The van der Waals surface area contributed by atoms with E-state index in [1.807, 2.05) is 18.2 Å². The Bertz CT molecular complexity index is 597. The molecule has 4 nitrogen and oxygen atoms in total. The molecule has 94 valence electrons. The predicted octanol–water partition coefficient (Wildman–Crippen LogP) is 1.33. The van der Waals surface area contributed by atoms with E-state index in [1.165, 1.54) is 5.69 Å². The van der Waals surface area contributed by atoms with Crippen molar-refractivity contribution >= 4 is 16.5 Å². The largest absolute Gasteiger partial charge is 0.370 e. The third-order valence-corrected chi connectivity index (χ3v) is 3.47. The fourth-order valence-corrected chi connectivity index (χ4v) is 2.57. The fraction of sp³-hybridized carbons (Fsp3) is 0.357. The van der Waals surface area contributed by atoms with Gasteiger partial charge in [0.25, 0.3) is 5.56 Å². The maximum Gasteiger partial charge on any atom is 0.255 e. The summed E-state index contributed by atoms with van der Waals surface area (Å²) in [7, 11) is 0. The standard InChI is InChI=1S/C14H17N3O/c18-14-12-3-1-4-13(11(12)5-7-16-14)17-9-2-6-15-8-10-17/h1,3-5,7,15H,2,6,8-10H2,(H,16,18). The molecule has 4 heteroatoms. The van der Waals surface area contributed by atoms with Gasteiger partial charge in [-0.2, -0.15) is 0 Å². The molecule has 0 spiro atoms. The van der Waals surface area contributed by atoms with E-state index in [-0.39, 0.29) is 5.56 Å². The smallest absolute Gasteiger partial charge is 0.255 e. The van der Waals surface area contributed by atoms with Gasteiger partial charge >= 0.3 is 0 Å². The second kappa shape index (κ2) is 4.82. The molecule has 3 rings (SSSR count). The van der Waals surface area contributed by atoms with Crippen LogP contribution in [0.1, 0.15) is 6.42 Å². The molecule has 2 aromatic rings. The number of hydrogen-bond acceptors (Lipinski definition) is 3. The van der Waals surface area contributed by atoms with Crippen LogP contribution in [0.2, 0.25) is 0 Å². The second-order valence-electron chi connectivity index (χ2n) is 4.64. The summed E-state index contributed by atoms with van der Waals surface area (Å²) in [5.74, 6) is 0. The van der Waals surface area contributed by atoms with Crippen LogP contribution in [0.5, 0.6) is 0 Å². The maximum atomic E-state index is 11.8. The highest BCUT2D eigenvalue weighted by atomic mass is 16.1. The number of aromatic nitrogens is 1. The lowest BCUT2D eigenvalue weighted by Crippen LogP contribution is -2.28. The Kier molecular flexibility index (Phi) is 3.02. The van der Waals surface area contributed by atoms with Crippen molar-refractivity contribution < 1.29 is 0 Å². The first-order valence-corrected chi connectivity index (χ1v) is 6.42. The summed E-state index contributed by atoms with van der Waals surface area (Å²) in [5.41, 5.74) is 1.16. The van der Waals surface area contributed by atoms with E-state index in [4.69, 9.17) is 0 Å². The molecule has 2 heterocycles. The third kappa shape index (κ3) is 1.99. The molecule has 0 amide bonds. The van der Waals surface area contributed by atoms with E-state index >= 15 is 0 Å². The number of anilines is 1. The Hall–Kier alpha value is -1.81. The number of hydrogen-bond donors (Lipinski definition) is 2. The molecular weight excluding hydrogens is 226 g/mol. The normalized spacial score (nSPS) is 16.8. The van der Waals surface area contributed by atoms with E-state index in [1.54, 1.807) is 6.20 Å². The zero-order chi connectivity index (χ0) is 12.4. The van der Waals surface area contributed by atoms with Crippen molar-refractivity contribution in [1.82, 2.24) is 10.3 Å². The molecule has 0 radical (unpaired) electrons. The average Bonchev–Trinajstić information content (AvgIpc) is 2.67. The van der Waals surface area contributed by atoms with Gasteiger partial charge in [0.05, 0.1) is 0 Å². The van der Waals surface area contributed by atoms with Crippen molar-refractivity contribution in [2.75, 3.05) is 31.1 Å². The van der Waals surface area contributed by atoms with Crippen LogP contribution in [0.3, 0.4) is 0 Å². The summed E-state index contributed by atoms with van der Waals surface area (Å²) in [5, 5.41) is 5.21. The summed E-state index contributed by atoms with van der Waals surface area (Å²) in [4.78, 5) is 16.9. The minimum Gasteiger partial charge on any atom is -0.370 e. The molecule has 18 heavy (non-hydrogen) atoms. The van der Waals surface area contributed by atoms with Gasteiger partial charge in [-0.1, -0.05) is 6.07 Å². The van der Waals surface area contributed by atoms with Crippen molar-refractivity contribution in [2.45, 2.75) is 6.42 Å². The molecule has 1 aromatic carbocycles. The van der Waals surface area contributed by atoms with Gasteiger partial charge in [0.1, 0.15) is 0 Å². The number of H-pyrrole nitrogens is 1. The Morgan fingerprint density at radius 2 is 2.00 bits per heavy atom. The molecule has 0 unspecified atom stereocenters. The van der Waals surface area contributed by atoms with E-state index in [0.717, 1.165) is 43.4 Å². The van der Waals surface area contributed by atoms with Crippen molar-refractivity contribution in [3.63, 3.8) is 0 Å². The molecule has 1 saturated heterocycles. The lowest BCUT2D eigenvalue weighted by Gasteiger charge is -2.23. The first kappa shape index (κ1) is 11.3. The Labute approximate surface area is 106 Å². The van der Waals surface area contributed by atoms with Crippen LogP contribution in [-0.2, 0) is 0 Å². The SMILES string of the molecule is O=c1[nH]ccc2c(N3CCCNCC3)cccc12. The van der Waals surface area contributed by atoms with Crippen LogP contribution in [0.25, 0.3) is 10.8 Å². The molecule has 0 aliphatic carbocycles. The molecule has 1 aromatic heterocycles. The lowest BCUT2D eigenvalue weighted by atomic mass is 10.1. The first-order chi connectivity index (χ1) is 8.86. The van der Waals surface area contributed by atoms with E-state index in [2.05, 4.69) is 21.3 Å². The van der Waals surface area contributed by atoms with Crippen LogP contribution in [0, 0.1) is 0 Å². The number of benzene rings is 1. The quantitative estimate of drug-likeness (QED) is 0.794. The molecule has 0 saturated carbocycles. The van der Waals surface area contributed by atoms with Crippen LogP contribution in [0.4, 0.5) is 5.69 Å². The van der Waals surface area contributed by atoms with Gasteiger partial charge in [-0.15, -0.1) is 0 Å². The number of nitrogens with one attached hydrogen (secondary N) is 2. The Morgan fingerprint density at radius 3 is 2.94 bits per heavy atom. The van der Waals surface area contributed by atoms with Gasteiger partial charge in [0.15, 0.2) is 0 Å². The first-order valence-electron chi connectivity index (χ1n) is 6.42. The summed E-state index contributed by atoms with van der Waals surface area (Å²) in [6.45, 7) is 4.10. The second-order valence-corrected chi connectivity index (χ2v) is 4.64. The average molecular weight is 243 g/mol. The zero-order valence-electron chi connectivity index (χ0n) is 10.3. The van der Waals surface area contributed by atoms with Crippen LogP contribution >= 0.6 is 0 Å². The van der Waals surface area contributed by atoms with Gasteiger partial charge in [-0.25, -0.2) is 0 Å². The molecule has 0 bridgehead atoms. The number of fused-ring (bicyclic) bond motifs is 1. The Morgan fingerprint density at radius 1 is 1.06 bits per heavy atom. The lowest BCUT2D eigenvalue weighted by molar-refractivity contribution is 0.724. The van der Waals surface area contributed by atoms with Crippen molar-refractivity contribution in [1.29, 1.82) is 0 Å². The summed E-state index contributed by atoms with van der Waals surface area (Å²) >= 11 is 0. The van der Waals surface area contributed by atoms with Gasteiger partial charge in [-0.3, -0.25) is 4.79 Å². The van der Waals surface area contributed by atoms with E-state index in [9.17, 15) is 4.79 Å². The third-order valence-electron chi connectivity index (χ3n) is 3.47. The summed E-state index contributed by atoms with van der Waals surface area (Å²) in [6, 6.07) is 7.94. The minimum absolute atomic E-state index is 0.0118. The maximum absolute atomic E-state index is 11.8. The van der Waals surface area contributed by atoms with Gasteiger partial charge in [-0.05, 0) is 31.2 Å². The summed E-state index contributed by atoms with van der Waals surface area (Å²) in [6.07, 6.45) is 2.86. The highest BCUT2D eigenvalue weighted by molar-refractivity contribution is 5.93. The van der Waals surface area contributed by atoms with Crippen molar-refractivity contribution in [3.05, 3.63) is 40.8 Å². The highest BCUT2D eigenvalue weighted by Gasteiger charge is 2.12. The number of rotatable bonds is 1. The molecule has 1 aliphatic rings. The Balaban J connectivity index is 2.10. The molecule has 2 N–H and O–H groups in total. The van der Waals surface area contributed by atoms with Crippen LogP contribution in [-0.4, -0.2) is 31.2 Å². The minimum atomic E-state index is -0.0118. The topological polar surface area (TPSA) is 48.1 Å². The molecule has 1 aliphatic heterocycles. The van der Waals surface area contributed by atoms with Crippen molar-refractivity contribution in [3.8, 4) is 0 Å². The summed E-state index contributed by atoms with van der Waals surface area (Å²) < 4.78 is 0. The van der Waals surface area contributed by atoms with Crippen LogP contribution in [0.15, 0.2) is 35.3 Å². The molecule has 1 fully saturated rings. The van der Waals surface area contributed by atoms with E-state index < -0.39 is 0 Å². The van der Waals surface area contributed by atoms with E-state index in [0.29, 0.717) is 0 Å². The van der Waals surface area contributed by atoms with Gasteiger partial charge in [0, 0.05) is 42.3 Å². The number of aromatic amines is 1. The fourth-order valence-electron chi connectivity index (χ4n) is 2.57. The number of nitrogens with zero attached hydrogens (tertiary/aromatic N) is 1.